The highest BCUT2D eigenvalue weighted by atomic mass is 127. The van der Waals surface area contributed by atoms with E-state index < -0.39 is 51.4 Å². The van der Waals surface area contributed by atoms with Gasteiger partial charge in [0.05, 0.1) is 0 Å². The summed E-state index contributed by atoms with van der Waals surface area (Å²) >= 11 is 1.02. The summed E-state index contributed by atoms with van der Waals surface area (Å²) < 4.78 is 166. The molecule has 1 aliphatic rings. The van der Waals surface area contributed by atoms with E-state index in [2.05, 4.69) is 0 Å². The van der Waals surface area contributed by atoms with Gasteiger partial charge in [0.25, 0.3) is 0 Å². The molecule has 0 unspecified atom stereocenters. The molecular weight excluding hydrogens is 506 g/mol. The van der Waals surface area contributed by atoms with Crippen molar-refractivity contribution in [3.63, 3.8) is 0 Å². The molecule has 14 heteroatoms. The van der Waals surface area contributed by atoms with Crippen molar-refractivity contribution >= 4 is 22.6 Å². The van der Waals surface area contributed by atoms with Crippen molar-refractivity contribution in [3.8, 4) is 0 Å². The second-order valence-corrected chi connectivity index (χ2v) is 6.47. The Morgan fingerprint density at radius 1 is 0.640 bits per heavy atom. The van der Waals surface area contributed by atoms with E-state index in [9.17, 15) is 57.1 Å². The van der Waals surface area contributed by atoms with Crippen LogP contribution in [0, 0.1) is 5.92 Å². The molecule has 0 aliphatic heterocycles. The minimum absolute atomic E-state index is 0.203. The Labute approximate surface area is 144 Å². The van der Waals surface area contributed by atoms with Gasteiger partial charge < -0.3 is 0 Å². The first-order valence-corrected chi connectivity index (χ1v) is 7.16. The molecule has 148 valence electrons. The summed E-state index contributed by atoms with van der Waals surface area (Å²) in [5.74, 6) is -37.3. The van der Waals surface area contributed by atoms with Gasteiger partial charge in [-0.15, -0.1) is 0 Å². The lowest BCUT2D eigenvalue weighted by molar-refractivity contribution is -0.436. The van der Waals surface area contributed by atoms with Crippen molar-refractivity contribution in [2.45, 2.75) is 48.6 Å². The highest BCUT2D eigenvalue weighted by molar-refractivity contribution is 14.1. The van der Waals surface area contributed by atoms with Crippen LogP contribution in [0.5, 0.6) is 0 Å². The van der Waals surface area contributed by atoms with Crippen molar-refractivity contribution in [3.05, 3.63) is 9.66 Å². The molecule has 0 radical (unpaired) electrons. The minimum atomic E-state index is -7.84. The SMILES string of the molecule is FC(F)(F)C(F)(F)C(F)(F)C(F)(F)C(F)(F)C(F)(F)/C=C(/I)C1CC1. The lowest BCUT2D eigenvalue weighted by Gasteiger charge is -2.39. The molecule has 0 N–H and O–H groups in total. The van der Waals surface area contributed by atoms with Gasteiger partial charge in [0.1, 0.15) is 0 Å². The predicted octanol–water partition coefficient (Wildman–Crippen LogP) is 6.45. The second-order valence-electron chi connectivity index (χ2n) is 5.22. The van der Waals surface area contributed by atoms with Crippen LogP contribution >= 0.6 is 22.6 Å². The van der Waals surface area contributed by atoms with E-state index in [0.717, 1.165) is 22.6 Å². The van der Waals surface area contributed by atoms with Crippen LogP contribution in [0.2, 0.25) is 0 Å². The van der Waals surface area contributed by atoms with E-state index in [4.69, 9.17) is 0 Å². The van der Waals surface area contributed by atoms with Crippen molar-refractivity contribution in [1.29, 1.82) is 0 Å². The Morgan fingerprint density at radius 3 is 1.32 bits per heavy atom. The third-order valence-electron chi connectivity index (χ3n) is 3.24. The second kappa shape index (κ2) is 6.04. The quantitative estimate of drug-likeness (QED) is 0.284. The number of hydrogen-bond donors (Lipinski definition) is 0. The number of rotatable bonds is 6. The van der Waals surface area contributed by atoms with Crippen LogP contribution in [0.3, 0.4) is 0 Å². The summed E-state index contributed by atoms with van der Waals surface area (Å²) in [6, 6.07) is 0. The molecule has 0 atom stereocenters. The fourth-order valence-electron chi connectivity index (χ4n) is 1.52. The molecule has 0 aromatic carbocycles. The molecule has 0 aromatic heterocycles. The van der Waals surface area contributed by atoms with E-state index in [1.165, 1.54) is 0 Å². The Balaban J connectivity index is 3.40. The topological polar surface area (TPSA) is 0 Å². The standard InChI is InChI=1S/C11H6F13I/c12-6(13,3-5(25)4-1-2-4)7(14,15)8(16,17)9(18,19)10(20,21)11(22,23)24/h3-4H,1-2H2/b5-3+. The molecule has 0 spiro atoms. The van der Waals surface area contributed by atoms with Crippen LogP contribution in [-0.4, -0.2) is 35.8 Å². The molecule has 0 bridgehead atoms. The first kappa shape index (κ1) is 22.6. The first-order valence-electron chi connectivity index (χ1n) is 6.08. The van der Waals surface area contributed by atoms with E-state index in [1.807, 2.05) is 0 Å². The van der Waals surface area contributed by atoms with Gasteiger partial charge in [-0.1, -0.05) is 0 Å². The summed E-state index contributed by atoms with van der Waals surface area (Å²) in [5, 5.41) is 0. The van der Waals surface area contributed by atoms with Crippen molar-refractivity contribution in [2.24, 2.45) is 5.92 Å². The van der Waals surface area contributed by atoms with Crippen LogP contribution in [0.15, 0.2) is 9.66 Å². The van der Waals surface area contributed by atoms with Crippen LogP contribution in [0.1, 0.15) is 12.8 Å². The van der Waals surface area contributed by atoms with Crippen LogP contribution < -0.4 is 0 Å². The van der Waals surface area contributed by atoms with Crippen LogP contribution in [0.25, 0.3) is 0 Å². The zero-order chi connectivity index (χ0) is 20.3. The smallest absolute Gasteiger partial charge is 0.195 e. The number of alkyl halides is 13. The summed E-state index contributed by atoms with van der Waals surface area (Å²) in [4.78, 5) is 0. The van der Waals surface area contributed by atoms with E-state index >= 15 is 0 Å². The number of halogens is 14. The van der Waals surface area contributed by atoms with Crippen molar-refractivity contribution < 1.29 is 57.1 Å². The predicted molar refractivity (Wildman–Crippen MR) is 65.6 cm³/mol. The van der Waals surface area contributed by atoms with Crippen molar-refractivity contribution in [1.82, 2.24) is 0 Å². The summed E-state index contributed by atoms with van der Waals surface area (Å²) in [6.45, 7) is 0. The largest absolute Gasteiger partial charge is 0.460 e. The van der Waals surface area contributed by atoms with Gasteiger partial charge >= 0.3 is 35.8 Å². The maximum absolute atomic E-state index is 13.4. The molecule has 1 rings (SSSR count). The molecule has 0 amide bonds. The Morgan fingerprint density at radius 2 is 1.00 bits per heavy atom. The fourth-order valence-corrected chi connectivity index (χ4v) is 2.54. The highest BCUT2D eigenvalue weighted by Gasteiger charge is 2.90. The van der Waals surface area contributed by atoms with E-state index in [0.29, 0.717) is 0 Å². The molecule has 0 aromatic rings. The molecule has 0 nitrogen and oxygen atoms in total. The molecule has 1 aliphatic carbocycles. The monoisotopic (exact) mass is 512 g/mol. The third-order valence-corrected chi connectivity index (χ3v) is 4.44. The average Bonchev–Trinajstić information content (AvgIpc) is 3.19. The third kappa shape index (κ3) is 3.42. The fraction of sp³-hybridized carbons (Fsp3) is 0.818. The average molecular weight is 512 g/mol. The van der Waals surface area contributed by atoms with Gasteiger partial charge in [-0.05, 0) is 44.9 Å². The minimum Gasteiger partial charge on any atom is -0.195 e. The molecule has 1 fully saturated rings. The summed E-state index contributed by atoms with van der Waals surface area (Å²) in [7, 11) is 0. The zero-order valence-corrected chi connectivity index (χ0v) is 13.5. The van der Waals surface area contributed by atoms with Gasteiger partial charge in [-0.25, -0.2) is 0 Å². The van der Waals surface area contributed by atoms with E-state index in [1.54, 1.807) is 0 Å². The van der Waals surface area contributed by atoms with Gasteiger partial charge in [-0.2, -0.15) is 57.1 Å². The molecule has 25 heavy (non-hydrogen) atoms. The van der Waals surface area contributed by atoms with Gasteiger partial charge in [0, 0.05) is 6.08 Å². The van der Waals surface area contributed by atoms with Gasteiger partial charge in [0.15, 0.2) is 0 Å². The van der Waals surface area contributed by atoms with Gasteiger partial charge in [-0.3, -0.25) is 0 Å². The maximum atomic E-state index is 13.4. The summed E-state index contributed by atoms with van der Waals surface area (Å²) in [6.07, 6.45) is -7.81. The lowest BCUT2D eigenvalue weighted by atomic mass is 9.93. The van der Waals surface area contributed by atoms with E-state index in [-0.39, 0.29) is 12.8 Å². The normalized spacial score (nSPS) is 19.4. The van der Waals surface area contributed by atoms with Crippen LogP contribution in [-0.2, 0) is 0 Å². The Hall–Kier alpha value is -0.440. The maximum Gasteiger partial charge on any atom is 0.460 e. The molecule has 1 saturated carbocycles. The summed E-state index contributed by atoms with van der Waals surface area (Å²) in [5.41, 5.74) is 0. The zero-order valence-electron chi connectivity index (χ0n) is 11.4. The first-order chi connectivity index (χ1) is 10.7. The molecule has 0 heterocycles. The van der Waals surface area contributed by atoms with Gasteiger partial charge in [0.2, 0.25) is 0 Å². The Bertz CT molecular complexity index is 541. The van der Waals surface area contributed by atoms with Crippen LogP contribution in [0.4, 0.5) is 57.1 Å². The number of allylic oxidation sites excluding steroid dienone is 2. The Kier molecular flexibility index (Phi) is 5.46. The molecule has 0 saturated heterocycles. The lowest BCUT2D eigenvalue weighted by Crippen LogP contribution is -2.69. The van der Waals surface area contributed by atoms with Crippen molar-refractivity contribution in [2.75, 3.05) is 0 Å². The highest BCUT2D eigenvalue weighted by Crippen LogP contribution is 2.60. The number of hydrogen-bond acceptors (Lipinski definition) is 0. The molecular formula is C11H6F13I.